The Morgan fingerprint density at radius 2 is 1.82 bits per heavy atom. The maximum absolute atomic E-state index is 14.3. The van der Waals surface area contributed by atoms with Crippen molar-refractivity contribution in [3.05, 3.63) is 35.0 Å². The molecule has 1 heterocycles. The Hall–Kier alpha value is -2.55. The Bertz CT molecular complexity index is 1360. The first kappa shape index (κ1) is 29.0. The van der Waals surface area contributed by atoms with E-state index in [1.54, 1.807) is 0 Å². The summed E-state index contributed by atoms with van der Waals surface area (Å²) in [5, 5.41) is 14.1. The molecule has 4 aliphatic rings. The number of carbonyl (C=O) groups is 2. The number of aromatic nitrogens is 2. The summed E-state index contributed by atoms with van der Waals surface area (Å²) in [5.74, 6) is 1.34. The van der Waals surface area contributed by atoms with Gasteiger partial charge in [-0.25, -0.2) is 0 Å². The average Bonchev–Trinajstić information content (AvgIpc) is 3.34. The van der Waals surface area contributed by atoms with Gasteiger partial charge in [0.25, 0.3) is 0 Å². The van der Waals surface area contributed by atoms with Crippen molar-refractivity contribution in [3.63, 3.8) is 0 Å². The molecule has 6 heteroatoms. The van der Waals surface area contributed by atoms with Crippen molar-refractivity contribution in [2.24, 2.45) is 38.9 Å². The standard InChI is InChI=1S/C34H47N3O3/c1-10-29(3,4)13-15-34(28-36-21(2)37-40-28)16-14-32(8)23(19-34)24(38)17-26-31(7)18-22(20-35)27(39)30(5,6)25(31)11-12-33(26,32)9/h17-18,23,25H,10-16,19H2,1-9H3/t23?,25-,31-,32+,33+,34-/m0/s1. The van der Waals surface area contributed by atoms with Crippen LogP contribution in [0, 0.1) is 57.2 Å². The van der Waals surface area contributed by atoms with E-state index in [4.69, 9.17) is 9.51 Å². The number of ketones is 2. The molecule has 6 nitrogen and oxygen atoms in total. The predicted octanol–water partition coefficient (Wildman–Crippen LogP) is 7.63. The smallest absolute Gasteiger partial charge is 0.232 e. The van der Waals surface area contributed by atoms with Crippen LogP contribution in [0.2, 0.25) is 0 Å². The second-order valence-electron chi connectivity index (χ2n) is 15.5. The minimum atomic E-state index is -0.652. The fourth-order valence-electron chi connectivity index (χ4n) is 9.30. The molecule has 0 aromatic carbocycles. The van der Waals surface area contributed by atoms with E-state index in [2.05, 4.69) is 52.8 Å². The molecule has 4 aliphatic carbocycles. The van der Waals surface area contributed by atoms with Crippen LogP contribution in [0.3, 0.4) is 0 Å². The Morgan fingerprint density at radius 1 is 1.12 bits per heavy atom. The molecule has 216 valence electrons. The zero-order valence-corrected chi connectivity index (χ0v) is 26.0. The third-order valence-electron chi connectivity index (χ3n) is 12.7. The van der Waals surface area contributed by atoms with E-state index in [-0.39, 0.29) is 50.6 Å². The third-order valence-corrected chi connectivity index (χ3v) is 12.7. The highest BCUT2D eigenvalue weighted by Gasteiger charge is 2.67. The van der Waals surface area contributed by atoms with Crippen LogP contribution < -0.4 is 0 Å². The van der Waals surface area contributed by atoms with Crippen molar-refractivity contribution in [1.29, 1.82) is 5.26 Å². The van der Waals surface area contributed by atoms with Crippen LogP contribution in [0.5, 0.6) is 0 Å². The summed E-state index contributed by atoms with van der Waals surface area (Å²) in [6.45, 7) is 19.6. The topological polar surface area (TPSA) is 96.8 Å². The van der Waals surface area contributed by atoms with Crippen molar-refractivity contribution in [2.45, 2.75) is 119 Å². The zero-order chi connectivity index (χ0) is 29.5. The van der Waals surface area contributed by atoms with E-state index in [1.165, 1.54) is 0 Å². The Labute approximate surface area is 240 Å². The number of nitrogens with zero attached hydrogens (tertiary/aromatic N) is 3. The predicted molar refractivity (Wildman–Crippen MR) is 154 cm³/mol. The van der Waals surface area contributed by atoms with E-state index in [0.717, 1.165) is 50.5 Å². The lowest BCUT2D eigenvalue weighted by Gasteiger charge is -2.66. The molecule has 6 atom stereocenters. The lowest BCUT2D eigenvalue weighted by atomic mass is 9.36. The molecule has 40 heavy (non-hydrogen) atoms. The summed E-state index contributed by atoms with van der Waals surface area (Å²) in [7, 11) is 0. The number of fused-ring (bicyclic) bond motifs is 5. The average molecular weight is 546 g/mol. The third kappa shape index (κ3) is 3.86. The van der Waals surface area contributed by atoms with Gasteiger partial charge in [0.1, 0.15) is 6.07 Å². The van der Waals surface area contributed by atoms with Crippen molar-refractivity contribution in [1.82, 2.24) is 10.1 Å². The van der Waals surface area contributed by atoms with E-state index in [1.807, 2.05) is 32.9 Å². The summed E-state index contributed by atoms with van der Waals surface area (Å²) in [6, 6.07) is 2.19. The number of Topliss-reactive ketones (excluding diaryl/α,β-unsaturated/α-hetero) is 1. The van der Waals surface area contributed by atoms with Crippen LogP contribution in [0.4, 0.5) is 0 Å². The molecule has 1 unspecified atom stereocenters. The summed E-state index contributed by atoms with van der Waals surface area (Å²) >= 11 is 0. The van der Waals surface area contributed by atoms with Crippen molar-refractivity contribution in [2.75, 3.05) is 0 Å². The number of allylic oxidation sites excluding steroid dienone is 4. The molecule has 0 bridgehead atoms. The lowest BCUT2D eigenvalue weighted by molar-refractivity contribution is -0.144. The van der Waals surface area contributed by atoms with Gasteiger partial charge in [0.05, 0.1) is 11.0 Å². The monoisotopic (exact) mass is 545 g/mol. The number of aryl methyl sites for hydroxylation is 1. The maximum atomic E-state index is 14.3. The Morgan fingerprint density at radius 3 is 2.42 bits per heavy atom. The van der Waals surface area contributed by atoms with E-state index >= 15 is 0 Å². The summed E-state index contributed by atoms with van der Waals surface area (Å²) in [5.41, 5.74) is -0.380. The molecular weight excluding hydrogens is 498 g/mol. The van der Waals surface area contributed by atoms with Crippen LogP contribution in [-0.2, 0) is 15.0 Å². The quantitative estimate of drug-likeness (QED) is 0.377. The van der Waals surface area contributed by atoms with Gasteiger partial charge in [0, 0.05) is 16.7 Å². The fraction of sp³-hybridized carbons (Fsp3) is 0.735. The molecule has 2 saturated carbocycles. The van der Waals surface area contributed by atoms with Gasteiger partial charge in [-0.05, 0) is 80.1 Å². The number of hydrogen-bond donors (Lipinski definition) is 0. The fourth-order valence-corrected chi connectivity index (χ4v) is 9.30. The Balaban J connectivity index is 1.61. The highest BCUT2D eigenvalue weighted by Crippen LogP contribution is 2.72. The van der Waals surface area contributed by atoms with Gasteiger partial charge in [-0.2, -0.15) is 10.2 Å². The number of hydrogen-bond acceptors (Lipinski definition) is 6. The minimum Gasteiger partial charge on any atom is -0.339 e. The molecular formula is C34H47N3O3. The van der Waals surface area contributed by atoms with Crippen LogP contribution in [0.25, 0.3) is 0 Å². The van der Waals surface area contributed by atoms with Crippen LogP contribution in [-0.4, -0.2) is 21.7 Å². The Kier molecular flexibility index (Phi) is 6.50. The highest BCUT2D eigenvalue weighted by atomic mass is 16.5. The zero-order valence-electron chi connectivity index (χ0n) is 26.0. The van der Waals surface area contributed by atoms with Crippen LogP contribution >= 0.6 is 0 Å². The van der Waals surface area contributed by atoms with Gasteiger partial charge >= 0.3 is 0 Å². The summed E-state index contributed by atoms with van der Waals surface area (Å²) in [4.78, 5) is 32.3. The number of carbonyl (C=O) groups excluding carboxylic acids is 2. The molecule has 2 fully saturated rings. The van der Waals surface area contributed by atoms with Crippen molar-refractivity contribution < 1.29 is 14.1 Å². The largest absolute Gasteiger partial charge is 0.339 e. The van der Waals surface area contributed by atoms with Crippen LogP contribution in [0.1, 0.15) is 118 Å². The maximum Gasteiger partial charge on any atom is 0.232 e. The highest BCUT2D eigenvalue weighted by molar-refractivity contribution is 6.04. The second-order valence-corrected chi connectivity index (χ2v) is 15.5. The van der Waals surface area contributed by atoms with Gasteiger partial charge in [-0.3, -0.25) is 9.59 Å². The van der Waals surface area contributed by atoms with Gasteiger partial charge in [0.2, 0.25) is 5.89 Å². The normalized spacial score (nSPS) is 38.9. The van der Waals surface area contributed by atoms with E-state index < -0.39 is 10.8 Å². The molecule has 0 N–H and O–H groups in total. The first-order chi connectivity index (χ1) is 18.5. The minimum absolute atomic E-state index is 0.0530. The van der Waals surface area contributed by atoms with E-state index in [9.17, 15) is 14.9 Å². The summed E-state index contributed by atoms with van der Waals surface area (Å²) < 4.78 is 5.87. The summed E-state index contributed by atoms with van der Waals surface area (Å²) in [6.07, 6.45) is 11.2. The molecule has 1 aromatic rings. The van der Waals surface area contributed by atoms with Gasteiger partial charge in [-0.1, -0.05) is 78.6 Å². The molecule has 0 saturated heterocycles. The molecule has 0 radical (unpaired) electrons. The first-order valence-electron chi connectivity index (χ1n) is 15.2. The molecule has 0 amide bonds. The number of rotatable bonds is 5. The molecule has 1 aromatic heterocycles. The lowest BCUT2D eigenvalue weighted by Crippen LogP contribution is -2.62. The molecule has 5 rings (SSSR count). The van der Waals surface area contributed by atoms with Gasteiger partial charge < -0.3 is 4.52 Å². The van der Waals surface area contributed by atoms with Gasteiger partial charge in [-0.15, -0.1) is 0 Å². The van der Waals surface area contributed by atoms with Gasteiger partial charge in [0.15, 0.2) is 17.4 Å². The molecule has 0 spiro atoms. The van der Waals surface area contributed by atoms with Crippen molar-refractivity contribution in [3.8, 4) is 6.07 Å². The van der Waals surface area contributed by atoms with Crippen LogP contribution in [0.15, 0.2) is 27.8 Å². The first-order valence-corrected chi connectivity index (χ1v) is 15.2. The van der Waals surface area contributed by atoms with E-state index in [0.29, 0.717) is 18.1 Å². The second kappa shape index (κ2) is 8.97. The number of nitriles is 1. The molecule has 0 aliphatic heterocycles. The SMILES string of the molecule is CCC(C)(C)CC[C@]1(c2nc(C)no2)CC[C@]2(C)C(C1)C(=O)C=C1[C@@]3(C)C=C(C#N)C(=O)C(C)(C)[C@@H]3CC[C@]12C. The van der Waals surface area contributed by atoms with Crippen molar-refractivity contribution >= 4 is 11.6 Å².